The van der Waals surface area contributed by atoms with Gasteiger partial charge in [0, 0.05) is 24.2 Å². The van der Waals surface area contributed by atoms with Crippen molar-refractivity contribution in [3.63, 3.8) is 0 Å². The molecule has 0 aliphatic carbocycles. The van der Waals surface area contributed by atoms with E-state index in [1.165, 1.54) is 11.1 Å². The summed E-state index contributed by atoms with van der Waals surface area (Å²) in [4.78, 5) is 11.7. The van der Waals surface area contributed by atoms with Crippen LogP contribution in [0.4, 0.5) is 0 Å². The summed E-state index contributed by atoms with van der Waals surface area (Å²) in [6.45, 7) is 4.16. The summed E-state index contributed by atoms with van der Waals surface area (Å²) in [6, 6.07) is 4.17. The standard InChI is InChI=1S/C13H16N2O/c1-8-4-9(2)13-10(5-8)11(7-15(13)3)12(16)6-14/h4-5,7H,6,14H2,1-3H3. The van der Waals surface area contributed by atoms with Crippen molar-refractivity contribution < 1.29 is 4.79 Å². The van der Waals surface area contributed by atoms with Crippen LogP contribution in [0.3, 0.4) is 0 Å². The van der Waals surface area contributed by atoms with Crippen LogP contribution in [0.5, 0.6) is 0 Å². The number of hydrogen-bond acceptors (Lipinski definition) is 2. The Morgan fingerprint density at radius 1 is 1.38 bits per heavy atom. The molecule has 84 valence electrons. The van der Waals surface area contributed by atoms with Gasteiger partial charge in [-0.15, -0.1) is 0 Å². The van der Waals surface area contributed by atoms with Gasteiger partial charge in [-0.25, -0.2) is 0 Å². The largest absolute Gasteiger partial charge is 0.350 e. The molecule has 1 aromatic carbocycles. The summed E-state index contributed by atoms with van der Waals surface area (Å²) in [5, 5.41) is 1.01. The number of benzene rings is 1. The molecule has 0 aliphatic rings. The zero-order valence-electron chi connectivity index (χ0n) is 9.87. The van der Waals surface area contributed by atoms with Gasteiger partial charge in [0.25, 0.3) is 0 Å². The molecule has 0 fully saturated rings. The fourth-order valence-electron chi connectivity index (χ4n) is 2.29. The number of aryl methyl sites for hydroxylation is 3. The summed E-state index contributed by atoms with van der Waals surface area (Å²) in [5.41, 5.74) is 9.62. The van der Waals surface area contributed by atoms with Gasteiger partial charge in [-0.3, -0.25) is 4.79 Å². The summed E-state index contributed by atoms with van der Waals surface area (Å²) in [5.74, 6) is -0.00407. The second-order valence-electron chi connectivity index (χ2n) is 4.26. The van der Waals surface area contributed by atoms with Crippen LogP contribution >= 0.6 is 0 Å². The number of hydrogen-bond donors (Lipinski definition) is 1. The lowest BCUT2D eigenvalue weighted by Gasteiger charge is -2.03. The molecule has 2 rings (SSSR count). The van der Waals surface area contributed by atoms with Gasteiger partial charge < -0.3 is 10.3 Å². The Kier molecular flexibility index (Phi) is 2.56. The van der Waals surface area contributed by atoms with E-state index in [4.69, 9.17) is 5.73 Å². The molecule has 1 aromatic heterocycles. The smallest absolute Gasteiger partial charge is 0.178 e. The van der Waals surface area contributed by atoms with E-state index in [1.54, 1.807) is 0 Å². The van der Waals surface area contributed by atoms with Gasteiger partial charge in [0.05, 0.1) is 12.1 Å². The quantitative estimate of drug-likeness (QED) is 0.780. The van der Waals surface area contributed by atoms with Crippen LogP contribution in [0.25, 0.3) is 10.9 Å². The van der Waals surface area contributed by atoms with E-state index < -0.39 is 0 Å². The zero-order chi connectivity index (χ0) is 11.9. The molecule has 0 spiro atoms. The Balaban J connectivity index is 2.83. The van der Waals surface area contributed by atoms with Crippen molar-refractivity contribution in [2.75, 3.05) is 6.54 Å². The molecule has 0 amide bonds. The van der Waals surface area contributed by atoms with Crippen molar-refractivity contribution in [1.29, 1.82) is 0 Å². The summed E-state index contributed by atoms with van der Waals surface area (Å²) in [7, 11) is 1.96. The average Bonchev–Trinajstić information content (AvgIpc) is 2.54. The maximum atomic E-state index is 11.7. The van der Waals surface area contributed by atoms with Crippen molar-refractivity contribution in [3.05, 3.63) is 35.0 Å². The third-order valence-corrected chi connectivity index (χ3v) is 2.90. The van der Waals surface area contributed by atoms with Crippen molar-refractivity contribution in [1.82, 2.24) is 4.57 Å². The van der Waals surface area contributed by atoms with Crippen LogP contribution in [0.2, 0.25) is 0 Å². The number of rotatable bonds is 2. The molecular weight excluding hydrogens is 200 g/mol. The van der Waals surface area contributed by atoms with Crippen molar-refractivity contribution >= 4 is 16.7 Å². The highest BCUT2D eigenvalue weighted by Crippen LogP contribution is 2.25. The second-order valence-corrected chi connectivity index (χ2v) is 4.26. The number of nitrogens with two attached hydrogens (primary N) is 1. The maximum absolute atomic E-state index is 11.7. The lowest BCUT2D eigenvalue weighted by molar-refractivity contribution is 0.100. The maximum Gasteiger partial charge on any atom is 0.178 e. The molecule has 0 aliphatic heterocycles. The molecule has 0 radical (unpaired) electrons. The van der Waals surface area contributed by atoms with Crippen LogP contribution < -0.4 is 5.73 Å². The molecule has 2 N–H and O–H groups in total. The summed E-state index contributed by atoms with van der Waals surface area (Å²) in [6.07, 6.45) is 1.87. The van der Waals surface area contributed by atoms with Crippen LogP contribution in [0.1, 0.15) is 21.5 Å². The van der Waals surface area contributed by atoms with Crippen LogP contribution in [-0.4, -0.2) is 16.9 Å². The molecular formula is C13H16N2O. The normalized spacial score (nSPS) is 11.0. The first-order chi connectivity index (χ1) is 7.54. The molecule has 0 saturated heterocycles. The molecule has 0 saturated carbocycles. The minimum absolute atomic E-state index is 0.00407. The molecule has 2 aromatic rings. The molecule has 3 heteroatoms. The van der Waals surface area contributed by atoms with Gasteiger partial charge in [-0.2, -0.15) is 0 Å². The van der Waals surface area contributed by atoms with E-state index in [9.17, 15) is 4.79 Å². The molecule has 3 nitrogen and oxygen atoms in total. The van der Waals surface area contributed by atoms with Crippen molar-refractivity contribution in [2.24, 2.45) is 12.8 Å². The number of Topliss-reactive ketones (excluding diaryl/α,β-unsaturated/α-hetero) is 1. The first-order valence-electron chi connectivity index (χ1n) is 5.34. The van der Waals surface area contributed by atoms with Crippen molar-refractivity contribution in [3.8, 4) is 0 Å². The Hall–Kier alpha value is -1.61. The zero-order valence-corrected chi connectivity index (χ0v) is 9.87. The molecule has 16 heavy (non-hydrogen) atoms. The number of ketones is 1. The van der Waals surface area contributed by atoms with Gasteiger partial charge in [0.2, 0.25) is 0 Å². The fraction of sp³-hybridized carbons (Fsp3) is 0.308. The van der Waals surface area contributed by atoms with Gasteiger partial charge in [0.1, 0.15) is 0 Å². The summed E-state index contributed by atoms with van der Waals surface area (Å²) < 4.78 is 1.99. The third-order valence-electron chi connectivity index (χ3n) is 2.90. The number of nitrogens with zero attached hydrogens (tertiary/aromatic N) is 1. The number of carbonyl (C=O) groups is 1. The first kappa shape index (κ1) is 10.9. The third kappa shape index (κ3) is 1.53. The monoisotopic (exact) mass is 216 g/mol. The van der Waals surface area contributed by atoms with Crippen LogP contribution in [-0.2, 0) is 7.05 Å². The second kappa shape index (κ2) is 3.76. The Bertz CT molecular complexity index is 567. The van der Waals surface area contributed by atoms with Gasteiger partial charge in [-0.05, 0) is 25.5 Å². The van der Waals surface area contributed by atoms with Gasteiger partial charge in [0.15, 0.2) is 5.78 Å². The predicted molar refractivity (Wildman–Crippen MR) is 65.8 cm³/mol. The Morgan fingerprint density at radius 2 is 2.06 bits per heavy atom. The predicted octanol–water partition coefficient (Wildman–Crippen LogP) is 1.94. The first-order valence-corrected chi connectivity index (χ1v) is 5.34. The van der Waals surface area contributed by atoms with E-state index in [-0.39, 0.29) is 12.3 Å². The number of fused-ring (bicyclic) bond motifs is 1. The lowest BCUT2D eigenvalue weighted by Crippen LogP contribution is -2.13. The van der Waals surface area contributed by atoms with Gasteiger partial charge >= 0.3 is 0 Å². The molecule has 1 heterocycles. The van der Waals surface area contributed by atoms with E-state index >= 15 is 0 Å². The highest BCUT2D eigenvalue weighted by atomic mass is 16.1. The molecule has 0 atom stereocenters. The SMILES string of the molecule is Cc1cc(C)c2c(c1)c(C(=O)CN)cn2C. The van der Waals surface area contributed by atoms with E-state index in [2.05, 4.69) is 13.0 Å². The highest BCUT2D eigenvalue weighted by Gasteiger charge is 2.14. The molecule has 0 unspecified atom stereocenters. The number of aromatic nitrogens is 1. The van der Waals surface area contributed by atoms with Crippen molar-refractivity contribution in [2.45, 2.75) is 13.8 Å². The minimum atomic E-state index is -0.00407. The Labute approximate surface area is 94.9 Å². The van der Waals surface area contributed by atoms with E-state index in [1.807, 2.05) is 30.8 Å². The van der Waals surface area contributed by atoms with E-state index in [0.717, 1.165) is 16.5 Å². The lowest BCUT2D eigenvalue weighted by atomic mass is 10.0. The minimum Gasteiger partial charge on any atom is -0.350 e. The topological polar surface area (TPSA) is 48.0 Å². The van der Waals surface area contributed by atoms with E-state index in [0.29, 0.717) is 0 Å². The van der Waals surface area contributed by atoms with Crippen LogP contribution in [0, 0.1) is 13.8 Å². The highest BCUT2D eigenvalue weighted by molar-refractivity contribution is 6.09. The van der Waals surface area contributed by atoms with Crippen LogP contribution in [0.15, 0.2) is 18.3 Å². The molecule has 0 bridgehead atoms. The van der Waals surface area contributed by atoms with Gasteiger partial charge in [-0.1, -0.05) is 11.6 Å². The Morgan fingerprint density at radius 3 is 2.69 bits per heavy atom. The fourth-order valence-corrected chi connectivity index (χ4v) is 2.29. The average molecular weight is 216 g/mol. The number of carbonyl (C=O) groups excluding carboxylic acids is 1. The summed E-state index contributed by atoms with van der Waals surface area (Å²) >= 11 is 0.